The lowest BCUT2D eigenvalue weighted by molar-refractivity contribution is 0.696. The molecule has 4 heteroatoms. The molecule has 0 aromatic carbocycles. The highest BCUT2D eigenvalue weighted by atomic mass is 35.5. The van der Waals surface area contributed by atoms with Gasteiger partial charge in [0, 0.05) is 30.6 Å². The Labute approximate surface area is 86.6 Å². The molecule has 2 heterocycles. The molecule has 1 aliphatic rings. The van der Waals surface area contributed by atoms with E-state index in [4.69, 9.17) is 11.6 Å². The zero-order valence-corrected chi connectivity index (χ0v) is 8.74. The van der Waals surface area contributed by atoms with Crippen LogP contribution in [0.1, 0.15) is 4.88 Å². The molecule has 70 valence electrons. The first-order valence-corrected chi connectivity index (χ1v) is 5.58. The minimum Gasteiger partial charge on any atom is -0.311 e. The highest BCUT2D eigenvalue weighted by Crippen LogP contribution is 2.15. The second kappa shape index (κ2) is 4.22. The maximum atomic E-state index is 6.00. The number of hydrogen-bond acceptors (Lipinski definition) is 3. The standard InChI is InChI=1S/C9H11ClN2S/c10-8-1-7(3-11-4-8)2-9-5-12-6-13-9/h1,5-6,8,11H,2-4H2. The van der Waals surface area contributed by atoms with Gasteiger partial charge < -0.3 is 5.32 Å². The van der Waals surface area contributed by atoms with Gasteiger partial charge in [0.1, 0.15) is 0 Å². The van der Waals surface area contributed by atoms with Gasteiger partial charge in [0.2, 0.25) is 0 Å². The van der Waals surface area contributed by atoms with Crippen LogP contribution in [0.5, 0.6) is 0 Å². The van der Waals surface area contributed by atoms with E-state index >= 15 is 0 Å². The molecule has 2 nitrogen and oxygen atoms in total. The van der Waals surface area contributed by atoms with E-state index in [0.717, 1.165) is 19.5 Å². The fraction of sp³-hybridized carbons (Fsp3) is 0.444. The first kappa shape index (κ1) is 9.19. The van der Waals surface area contributed by atoms with Crippen LogP contribution in [0, 0.1) is 0 Å². The lowest BCUT2D eigenvalue weighted by atomic mass is 10.1. The number of rotatable bonds is 2. The number of aromatic nitrogens is 1. The van der Waals surface area contributed by atoms with Gasteiger partial charge in [0.25, 0.3) is 0 Å². The number of thiazole rings is 1. The molecule has 0 saturated carbocycles. The summed E-state index contributed by atoms with van der Waals surface area (Å²) in [5.74, 6) is 0. The third kappa shape index (κ3) is 2.53. The Morgan fingerprint density at radius 2 is 2.62 bits per heavy atom. The zero-order valence-electron chi connectivity index (χ0n) is 7.16. The van der Waals surface area contributed by atoms with Crippen molar-refractivity contribution < 1.29 is 0 Å². The molecule has 0 fully saturated rings. The monoisotopic (exact) mass is 214 g/mol. The summed E-state index contributed by atoms with van der Waals surface area (Å²) in [6, 6.07) is 0. The van der Waals surface area contributed by atoms with Crippen molar-refractivity contribution in [1.29, 1.82) is 0 Å². The molecule has 0 spiro atoms. The number of alkyl halides is 1. The second-order valence-electron chi connectivity index (χ2n) is 3.12. The summed E-state index contributed by atoms with van der Waals surface area (Å²) in [5, 5.41) is 3.43. The fourth-order valence-electron chi connectivity index (χ4n) is 1.42. The molecule has 13 heavy (non-hydrogen) atoms. The average Bonchev–Trinajstić information content (AvgIpc) is 2.57. The highest BCUT2D eigenvalue weighted by Gasteiger charge is 2.10. The van der Waals surface area contributed by atoms with Crippen LogP contribution in [-0.2, 0) is 6.42 Å². The van der Waals surface area contributed by atoms with Gasteiger partial charge >= 0.3 is 0 Å². The zero-order chi connectivity index (χ0) is 9.10. The largest absolute Gasteiger partial charge is 0.311 e. The molecule has 1 aliphatic heterocycles. The summed E-state index contributed by atoms with van der Waals surface area (Å²) >= 11 is 7.70. The molecule has 0 saturated heterocycles. The quantitative estimate of drug-likeness (QED) is 0.600. The molecule has 0 amide bonds. The van der Waals surface area contributed by atoms with Gasteiger partial charge in [-0.2, -0.15) is 0 Å². The minimum atomic E-state index is 0.150. The van der Waals surface area contributed by atoms with Crippen LogP contribution >= 0.6 is 22.9 Å². The third-order valence-electron chi connectivity index (χ3n) is 1.99. The molecule has 1 N–H and O–H groups in total. The van der Waals surface area contributed by atoms with Gasteiger partial charge in [-0.15, -0.1) is 22.9 Å². The van der Waals surface area contributed by atoms with Gasteiger partial charge in [-0.05, 0) is 0 Å². The lowest BCUT2D eigenvalue weighted by Gasteiger charge is -2.17. The van der Waals surface area contributed by atoms with E-state index in [0.29, 0.717) is 0 Å². The summed E-state index contributed by atoms with van der Waals surface area (Å²) < 4.78 is 0. The Morgan fingerprint density at radius 3 is 3.31 bits per heavy atom. The van der Waals surface area contributed by atoms with Gasteiger partial charge in [-0.25, -0.2) is 0 Å². The number of hydrogen-bond donors (Lipinski definition) is 1. The Hall–Kier alpha value is -0.380. The van der Waals surface area contributed by atoms with Gasteiger partial charge in [0.05, 0.1) is 10.9 Å². The van der Waals surface area contributed by atoms with Gasteiger partial charge in [-0.3, -0.25) is 4.98 Å². The Morgan fingerprint density at radius 1 is 1.69 bits per heavy atom. The van der Waals surface area contributed by atoms with Crippen LogP contribution in [0.3, 0.4) is 0 Å². The summed E-state index contributed by atoms with van der Waals surface area (Å²) in [6.07, 6.45) is 5.06. The molecule has 0 aliphatic carbocycles. The number of halogens is 1. The van der Waals surface area contributed by atoms with Crippen LogP contribution in [0.25, 0.3) is 0 Å². The maximum absolute atomic E-state index is 6.00. The second-order valence-corrected chi connectivity index (χ2v) is 4.65. The van der Waals surface area contributed by atoms with E-state index in [-0.39, 0.29) is 5.38 Å². The van der Waals surface area contributed by atoms with E-state index in [2.05, 4.69) is 16.4 Å². The maximum Gasteiger partial charge on any atom is 0.0794 e. The SMILES string of the molecule is ClC1C=C(Cc2cncs2)CNC1. The normalized spacial score (nSPS) is 22.8. The van der Waals surface area contributed by atoms with Crippen molar-refractivity contribution in [3.05, 3.63) is 28.2 Å². The summed E-state index contributed by atoms with van der Waals surface area (Å²) in [6.45, 7) is 1.84. The van der Waals surface area contributed by atoms with Crippen molar-refractivity contribution >= 4 is 22.9 Å². The van der Waals surface area contributed by atoms with E-state index < -0.39 is 0 Å². The van der Waals surface area contributed by atoms with Crippen molar-refractivity contribution in [2.45, 2.75) is 11.8 Å². The molecular formula is C9H11ClN2S. The van der Waals surface area contributed by atoms with E-state index in [1.54, 1.807) is 11.3 Å². The molecule has 0 bridgehead atoms. The third-order valence-corrected chi connectivity index (χ3v) is 3.05. The Bertz CT molecular complexity index is 295. The van der Waals surface area contributed by atoms with E-state index in [9.17, 15) is 0 Å². The van der Waals surface area contributed by atoms with Crippen molar-refractivity contribution in [2.75, 3.05) is 13.1 Å². The van der Waals surface area contributed by atoms with Crippen LogP contribution in [-0.4, -0.2) is 23.5 Å². The van der Waals surface area contributed by atoms with Gasteiger partial charge in [-0.1, -0.05) is 11.6 Å². The van der Waals surface area contributed by atoms with Crippen molar-refractivity contribution in [3.63, 3.8) is 0 Å². The first-order valence-electron chi connectivity index (χ1n) is 4.26. The van der Waals surface area contributed by atoms with Crippen LogP contribution in [0.4, 0.5) is 0 Å². The molecule has 2 rings (SSSR count). The van der Waals surface area contributed by atoms with Crippen LogP contribution < -0.4 is 5.32 Å². The molecule has 1 unspecified atom stereocenters. The molecule has 1 aromatic heterocycles. The molecular weight excluding hydrogens is 204 g/mol. The predicted octanol–water partition coefficient (Wildman–Crippen LogP) is 1.82. The summed E-state index contributed by atoms with van der Waals surface area (Å²) in [7, 11) is 0. The van der Waals surface area contributed by atoms with Crippen molar-refractivity contribution in [2.24, 2.45) is 0 Å². The van der Waals surface area contributed by atoms with Crippen molar-refractivity contribution in [3.8, 4) is 0 Å². The molecule has 0 radical (unpaired) electrons. The van der Waals surface area contributed by atoms with Crippen molar-refractivity contribution in [1.82, 2.24) is 10.3 Å². The lowest BCUT2D eigenvalue weighted by Crippen LogP contribution is -2.30. The summed E-state index contributed by atoms with van der Waals surface area (Å²) in [4.78, 5) is 5.35. The molecule has 1 atom stereocenters. The Kier molecular flexibility index (Phi) is 2.98. The van der Waals surface area contributed by atoms with E-state index in [1.165, 1.54) is 10.5 Å². The highest BCUT2D eigenvalue weighted by molar-refractivity contribution is 7.09. The smallest absolute Gasteiger partial charge is 0.0794 e. The summed E-state index contributed by atoms with van der Waals surface area (Å²) in [5.41, 5.74) is 3.24. The minimum absolute atomic E-state index is 0.150. The van der Waals surface area contributed by atoms with Crippen LogP contribution in [0.15, 0.2) is 23.4 Å². The topological polar surface area (TPSA) is 24.9 Å². The van der Waals surface area contributed by atoms with E-state index in [1.807, 2.05) is 11.7 Å². The predicted molar refractivity (Wildman–Crippen MR) is 56.4 cm³/mol. The van der Waals surface area contributed by atoms with Gasteiger partial charge in [0.15, 0.2) is 0 Å². The Balaban J connectivity index is 2.02. The van der Waals surface area contributed by atoms with Crippen LogP contribution in [0.2, 0.25) is 0 Å². The first-order chi connectivity index (χ1) is 6.34. The molecule has 1 aromatic rings. The average molecular weight is 215 g/mol. The number of nitrogens with zero attached hydrogens (tertiary/aromatic N) is 1. The fourth-order valence-corrected chi connectivity index (χ4v) is 2.35. The number of nitrogens with one attached hydrogen (secondary N) is 1.